The van der Waals surface area contributed by atoms with Crippen LogP contribution in [-0.4, -0.2) is 17.5 Å². The summed E-state index contributed by atoms with van der Waals surface area (Å²) >= 11 is 0. The van der Waals surface area contributed by atoms with E-state index in [1.54, 1.807) is 6.07 Å². The molecule has 0 aliphatic rings. The van der Waals surface area contributed by atoms with Crippen LogP contribution in [0.1, 0.15) is 29.2 Å². The lowest BCUT2D eigenvalue weighted by Gasteiger charge is -2.17. The van der Waals surface area contributed by atoms with Crippen LogP contribution < -0.4 is 0 Å². The molecule has 0 saturated heterocycles. The van der Waals surface area contributed by atoms with Gasteiger partial charge >= 0.3 is 0 Å². The zero-order chi connectivity index (χ0) is 21.3. The molecule has 0 radical (unpaired) electrons. The molecular formula is C25H25NO3S. The number of nitrogens with zero attached hydrogens (tertiary/aromatic N) is 1. The van der Waals surface area contributed by atoms with Crippen molar-refractivity contribution >= 4 is 21.0 Å². The van der Waals surface area contributed by atoms with Crippen LogP contribution in [0, 0.1) is 6.92 Å². The number of hydrogen-bond donors (Lipinski definition) is 1. The van der Waals surface area contributed by atoms with Crippen LogP contribution in [-0.2, 0) is 29.4 Å². The molecule has 0 spiro atoms. The highest BCUT2D eigenvalue weighted by Gasteiger charge is 2.22. The van der Waals surface area contributed by atoms with E-state index in [1.165, 1.54) is 17.2 Å². The smallest absolute Gasteiger partial charge is 0.296 e. The lowest BCUT2D eigenvalue weighted by atomic mass is 10.0. The lowest BCUT2D eigenvalue weighted by Crippen LogP contribution is -2.09. The van der Waals surface area contributed by atoms with Gasteiger partial charge in [-0.15, -0.1) is 0 Å². The number of rotatable bonds is 6. The molecule has 0 bridgehead atoms. The molecule has 3 aromatic carbocycles. The second-order valence-corrected chi connectivity index (χ2v) is 8.99. The summed E-state index contributed by atoms with van der Waals surface area (Å²) < 4.78 is 36.0. The van der Waals surface area contributed by atoms with Gasteiger partial charge in [0.2, 0.25) is 0 Å². The van der Waals surface area contributed by atoms with Crippen LogP contribution in [0.3, 0.4) is 0 Å². The Morgan fingerprint density at radius 2 is 1.63 bits per heavy atom. The topological polar surface area (TPSA) is 59.3 Å². The van der Waals surface area contributed by atoms with Crippen LogP contribution >= 0.6 is 0 Å². The Morgan fingerprint density at radius 3 is 2.33 bits per heavy atom. The minimum absolute atomic E-state index is 0.0582. The fraction of sp³-hybridized carbons (Fsp3) is 0.200. The van der Waals surface area contributed by atoms with Gasteiger partial charge in [0, 0.05) is 6.20 Å². The molecule has 0 aliphatic carbocycles. The Morgan fingerprint density at radius 1 is 0.900 bits per heavy atom. The number of hydrogen-bond acceptors (Lipinski definition) is 2. The summed E-state index contributed by atoms with van der Waals surface area (Å²) in [6.45, 7) is 3.96. The first-order valence-corrected chi connectivity index (χ1v) is 11.6. The molecule has 4 aromatic rings. The van der Waals surface area contributed by atoms with Crippen molar-refractivity contribution in [1.82, 2.24) is 4.57 Å². The van der Waals surface area contributed by atoms with Gasteiger partial charge < -0.3 is 4.57 Å². The first-order chi connectivity index (χ1) is 14.4. The molecule has 5 heteroatoms. The molecular weight excluding hydrogens is 394 g/mol. The van der Waals surface area contributed by atoms with E-state index in [2.05, 4.69) is 30.3 Å². The molecule has 0 saturated carbocycles. The van der Waals surface area contributed by atoms with E-state index in [0.29, 0.717) is 12.1 Å². The molecule has 0 atom stereocenters. The summed E-state index contributed by atoms with van der Waals surface area (Å²) in [5, 5.41) is 1.03. The molecule has 154 valence electrons. The van der Waals surface area contributed by atoms with Crippen LogP contribution in [0.4, 0.5) is 0 Å². The van der Waals surface area contributed by atoms with Crippen molar-refractivity contribution in [3.63, 3.8) is 0 Å². The van der Waals surface area contributed by atoms with E-state index >= 15 is 0 Å². The van der Waals surface area contributed by atoms with Crippen molar-refractivity contribution in [3.8, 4) is 5.69 Å². The van der Waals surface area contributed by atoms with Crippen molar-refractivity contribution in [3.05, 3.63) is 95.2 Å². The number of aryl methyl sites for hydroxylation is 3. The predicted octanol–water partition coefficient (Wildman–Crippen LogP) is 5.53. The standard InChI is InChI=1S/C25H25NO3S/c1-3-22-18(2)9-14-24(30(27,28)29)25(22)26-16-15-21-13-12-20(17-23(21)26)11-10-19-7-5-4-6-8-19/h4-9,12-17H,3,10-11H2,1-2H3,(H,27,28,29). The number of benzene rings is 3. The molecule has 0 amide bonds. The minimum atomic E-state index is -4.35. The number of fused-ring (bicyclic) bond motifs is 1. The Balaban J connectivity index is 1.83. The highest BCUT2D eigenvalue weighted by molar-refractivity contribution is 7.86. The van der Waals surface area contributed by atoms with Crippen LogP contribution in [0.5, 0.6) is 0 Å². The Bertz CT molecular complexity index is 1310. The fourth-order valence-corrected chi connectivity index (χ4v) is 4.80. The molecule has 1 heterocycles. The normalized spacial score (nSPS) is 11.8. The third kappa shape index (κ3) is 3.91. The monoisotopic (exact) mass is 419 g/mol. The first-order valence-electron chi connectivity index (χ1n) is 10.1. The quantitative estimate of drug-likeness (QED) is 0.418. The summed E-state index contributed by atoms with van der Waals surface area (Å²) in [6.07, 6.45) is 4.38. The number of aromatic nitrogens is 1. The maximum atomic E-state index is 12.1. The zero-order valence-electron chi connectivity index (χ0n) is 17.2. The SMILES string of the molecule is CCc1c(C)ccc(S(=O)(=O)O)c1-n1ccc2ccc(CCc3ccccc3)cc21. The van der Waals surface area contributed by atoms with Crippen molar-refractivity contribution in [2.75, 3.05) is 0 Å². The van der Waals surface area contributed by atoms with Gasteiger partial charge in [-0.1, -0.05) is 55.5 Å². The average molecular weight is 420 g/mol. The van der Waals surface area contributed by atoms with E-state index in [-0.39, 0.29) is 4.90 Å². The summed E-state index contributed by atoms with van der Waals surface area (Å²) in [5.41, 5.74) is 5.86. The third-order valence-corrected chi connectivity index (χ3v) is 6.54. The maximum Gasteiger partial charge on any atom is 0.296 e. The van der Waals surface area contributed by atoms with Gasteiger partial charge in [-0.25, -0.2) is 0 Å². The van der Waals surface area contributed by atoms with Gasteiger partial charge in [0.25, 0.3) is 10.1 Å². The Kier molecular flexibility index (Phi) is 5.50. The third-order valence-electron chi connectivity index (χ3n) is 5.66. The van der Waals surface area contributed by atoms with Crippen molar-refractivity contribution < 1.29 is 13.0 Å². The molecule has 0 fully saturated rings. The molecule has 1 N–H and O–H groups in total. The highest BCUT2D eigenvalue weighted by Crippen LogP contribution is 2.31. The lowest BCUT2D eigenvalue weighted by molar-refractivity contribution is 0.482. The highest BCUT2D eigenvalue weighted by atomic mass is 32.2. The van der Waals surface area contributed by atoms with Crippen LogP contribution in [0.15, 0.2) is 77.8 Å². The molecule has 4 rings (SSSR count). The zero-order valence-corrected chi connectivity index (χ0v) is 18.0. The molecule has 1 aromatic heterocycles. The summed E-state index contributed by atoms with van der Waals surface area (Å²) in [4.78, 5) is -0.0582. The Labute approximate surface area is 177 Å². The van der Waals surface area contributed by atoms with E-state index < -0.39 is 10.1 Å². The van der Waals surface area contributed by atoms with Gasteiger partial charge in [0.05, 0.1) is 11.2 Å². The summed E-state index contributed by atoms with van der Waals surface area (Å²) in [5.74, 6) is 0. The second kappa shape index (κ2) is 8.09. The van der Waals surface area contributed by atoms with Crippen LogP contribution in [0.25, 0.3) is 16.6 Å². The van der Waals surface area contributed by atoms with Gasteiger partial charge in [-0.05, 0) is 72.0 Å². The van der Waals surface area contributed by atoms with Crippen molar-refractivity contribution in [1.29, 1.82) is 0 Å². The molecule has 4 nitrogen and oxygen atoms in total. The maximum absolute atomic E-state index is 12.1. The molecule has 0 unspecified atom stereocenters. The van der Waals surface area contributed by atoms with E-state index in [0.717, 1.165) is 34.9 Å². The van der Waals surface area contributed by atoms with E-state index in [4.69, 9.17) is 0 Å². The van der Waals surface area contributed by atoms with Crippen molar-refractivity contribution in [2.24, 2.45) is 0 Å². The largest absolute Gasteiger partial charge is 0.315 e. The van der Waals surface area contributed by atoms with Crippen LogP contribution in [0.2, 0.25) is 0 Å². The fourth-order valence-electron chi connectivity index (χ4n) is 4.09. The van der Waals surface area contributed by atoms with Crippen molar-refractivity contribution in [2.45, 2.75) is 38.0 Å². The van der Waals surface area contributed by atoms with Gasteiger partial charge in [0.15, 0.2) is 0 Å². The van der Waals surface area contributed by atoms with E-state index in [9.17, 15) is 13.0 Å². The first kappa shape index (κ1) is 20.4. The van der Waals surface area contributed by atoms with Gasteiger partial charge in [-0.2, -0.15) is 8.42 Å². The van der Waals surface area contributed by atoms with E-state index in [1.807, 2.05) is 48.9 Å². The second-order valence-electron chi connectivity index (χ2n) is 7.60. The molecule has 0 aliphatic heterocycles. The summed E-state index contributed by atoms with van der Waals surface area (Å²) in [7, 11) is -4.35. The van der Waals surface area contributed by atoms with Gasteiger partial charge in [0.1, 0.15) is 4.90 Å². The average Bonchev–Trinajstić information content (AvgIpc) is 3.14. The summed E-state index contributed by atoms with van der Waals surface area (Å²) in [6, 6.07) is 21.9. The minimum Gasteiger partial charge on any atom is -0.315 e. The van der Waals surface area contributed by atoms with Gasteiger partial charge in [-0.3, -0.25) is 4.55 Å². The molecule has 30 heavy (non-hydrogen) atoms. The predicted molar refractivity (Wildman–Crippen MR) is 121 cm³/mol. The Hall–Kier alpha value is -2.89.